The molecule has 22 heavy (non-hydrogen) atoms. The quantitative estimate of drug-likeness (QED) is 0.890. The number of anilines is 1. The first kappa shape index (κ1) is 15.5. The molecule has 2 amide bonds. The Morgan fingerprint density at radius 2 is 1.86 bits per heavy atom. The minimum Gasteiger partial charge on any atom is -0.494 e. The van der Waals surface area contributed by atoms with Crippen molar-refractivity contribution in [2.75, 3.05) is 19.0 Å². The zero-order chi connectivity index (χ0) is 15.9. The molecule has 0 atom stereocenters. The highest BCUT2D eigenvalue weighted by atomic mass is 19.1. The minimum atomic E-state index is -0.635. The summed E-state index contributed by atoms with van der Waals surface area (Å²) >= 11 is 0. The smallest absolute Gasteiger partial charge is 0.251 e. The monoisotopic (exact) mass is 302 g/mol. The number of hydrogen-bond donors (Lipinski definition) is 2. The van der Waals surface area contributed by atoms with Crippen LogP contribution in [0.3, 0.4) is 0 Å². The lowest BCUT2D eigenvalue weighted by Crippen LogP contribution is -2.32. The lowest BCUT2D eigenvalue weighted by molar-refractivity contribution is -0.115. The number of rotatable bonds is 5. The largest absolute Gasteiger partial charge is 0.494 e. The van der Waals surface area contributed by atoms with Gasteiger partial charge in [-0.3, -0.25) is 9.59 Å². The highest BCUT2D eigenvalue weighted by Crippen LogP contribution is 2.17. The van der Waals surface area contributed by atoms with Crippen molar-refractivity contribution in [2.45, 2.75) is 0 Å². The predicted molar refractivity (Wildman–Crippen MR) is 80.4 cm³/mol. The van der Waals surface area contributed by atoms with Gasteiger partial charge >= 0.3 is 0 Å². The lowest BCUT2D eigenvalue weighted by atomic mass is 10.2. The summed E-state index contributed by atoms with van der Waals surface area (Å²) in [4.78, 5) is 23.6. The molecule has 0 aliphatic carbocycles. The lowest BCUT2D eigenvalue weighted by Gasteiger charge is -2.08. The summed E-state index contributed by atoms with van der Waals surface area (Å²) in [5.41, 5.74) is 0.753. The van der Waals surface area contributed by atoms with Crippen molar-refractivity contribution in [3.63, 3.8) is 0 Å². The fraction of sp³-hybridized carbons (Fsp3) is 0.125. The number of ether oxygens (including phenoxy) is 1. The van der Waals surface area contributed by atoms with Gasteiger partial charge in [0.05, 0.1) is 13.7 Å². The fourth-order valence-electron chi connectivity index (χ4n) is 1.80. The topological polar surface area (TPSA) is 67.4 Å². The molecule has 0 unspecified atom stereocenters. The summed E-state index contributed by atoms with van der Waals surface area (Å²) in [6.45, 7) is -0.207. The molecule has 0 fully saturated rings. The third kappa shape index (κ3) is 4.05. The summed E-state index contributed by atoms with van der Waals surface area (Å²) in [6.07, 6.45) is 0. The van der Waals surface area contributed by atoms with Crippen LogP contribution >= 0.6 is 0 Å². The van der Waals surface area contributed by atoms with Gasteiger partial charge in [0, 0.05) is 11.3 Å². The molecule has 0 aromatic heterocycles. The van der Waals surface area contributed by atoms with Crippen molar-refractivity contribution in [3.8, 4) is 5.75 Å². The van der Waals surface area contributed by atoms with Crippen LogP contribution in [-0.4, -0.2) is 25.5 Å². The van der Waals surface area contributed by atoms with Gasteiger partial charge in [0.15, 0.2) is 11.6 Å². The van der Waals surface area contributed by atoms with E-state index in [1.165, 1.54) is 19.2 Å². The van der Waals surface area contributed by atoms with Gasteiger partial charge in [0.2, 0.25) is 5.91 Å². The average Bonchev–Trinajstić information content (AvgIpc) is 2.53. The Kier molecular flexibility index (Phi) is 5.08. The molecule has 2 rings (SSSR count). The molecule has 0 radical (unpaired) electrons. The Balaban J connectivity index is 1.89. The van der Waals surface area contributed by atoms with E-state index in [0.29, 0.717) is 5.69 Å². The molecule has 6 heteroatoms. The number of halogens is 1. The maximum absolute atomic E-state index is 13.5. The van der Waals surface area contributed by atoms with Crippen molar-refractivity contribution in [1.82, 2.24) is 5.32 Å². The van der Waals surface area contributed by atoms with E-state index < -0.39 is 11.7 Å². The molecule has 0 heterocycles. The Bertz CT molecular complexity index is 674. The molecule has 2 N–H and O–H groups in total. The summed E-state index contributed by atoms with van der Waals surface area (Å²) in [5, 5.41) is 5.06. The number of methoxy groups -OCH3 is 1. The number of carbonyl (C=O) groups excluding carboxylic acids is 2. The number of hydrogen-bond acceptors (Lipinski definition) is 3. The first-order valence-electron chi connectivity index (χ1n) is 6.57. The summed E-state index contributed by atoms with van der Waals surface area (Å²) in [6, 6.07) is 12.7. The zero-order valence-corrected chi connectivity index (χ0v) is 11.9. The molecule has 0 spiro atoms. The maximum Gasteiger partial charge on any atom is 0.251 e. The van der Waals surface area contributed by atoms with Crippen LogP contribution in [0.2, 0.25) is 0 Å². The van der Waals surface area contributed by atoms with Crippen LogP contribution in [0.25, 0.3) is 0 Å². The third-order valence-corrected chi connectivity index (χ3v) is 2.88. The molecular formula is C16H15FN2O3. The van der Waals surface area contributed by atoms with Gasteiger partial charge in [-0.1, -0.05) is 18.2 Å². The van der Waals surface area contributed by atoms with E-state index in [-0.39, 0.29) is 23.8 Å². The molecular weight excluding hydrogens is 287 g/mol. The second kappa shape index (κ2) is 7.21. The first-order valence-corrected chi connectivity index (χ1v) is 6.57. The molecule has 2 aromatic rings. The van der Waals surface area contributed by atoms with E-state index in [9.17, 15) is 14.0 Å². The van der Waals surface area contributed by atoms with E-state index in [2.05, 4.69) is 10.6 Å². The van der Waals surface area contributed by atoms with E-state index in [1.54, 1.807) is 24.3 Å². The Labute approximate surface area is 127 Å². The second-order valence-electron chi connectivity index (χ2n) is 4.45. The van der Waals surface area contributed by atoms with Gasteiger partial charge in [-0.2, -0.15) is 0 Å². The van der Waals surface area contributed by atoms with Crippen LogP contribution in [0.4, 0.5) is 10.1 Å². The van der Waals surface area contributed by atoms with E-state index in [1.807, 2.05) is 6.07 Å². The molecule has 5 nitrogen and oxygen atoms in total. The molecule has 0 saturated carbocycles. The van der Waals surface area contributed by atoms with Crippen LogP contribution in [-0.2, 0) is 4.79 Å². The number of amides is 2. The molecule has 114 valence electrons. The van der Waals surface area contributed by atoms with Crippen molar-refractivity contribution in [1.29, 1.82) is 0 Å². The Hall–Kier alpha value is -2.89. The van der Waals surface area contributed by atoms with Gasteiger partial charge < -0.3 is 15.4 Å². The standard InChI is InChI=1S/C16H15FN2O3/c1-22-14-8-7-11(9-13(14)17)16(21)18-10-15(20)19-12-5-3-2-4-6-12/h2-9H,10H2,1H3,(H,18,21)(H,19,20). The highest BCUT2D eigenvalue weighted by molar-refractivity contribution is 5.99. The van der Waals surface area contributed by atoms with Gasteiger partial charge in [-0.15, -0.1) is 0 Å². The predicted octanol–water partition coefficient (Wildman–Crippen LogP) is 2.20. The van der Waals surface area contributed by atoms with Gasteiger partial charge in [0.25, 0.3) is 5.91 Å². The first-order chi connectivity index (χ1) is 10.6. The van der Waals surface area contributed by atoms with Crippen LogP contribution in [0.1, 0.15) is 10.4 Å². The highest BCUT2D eigenvalue weighted by Gasteiger charge is 2.11. The third-order valence-electron chi connectivity index (χ3n) is 2.88. The van der Waals surface area contributed by atoms with E-state index >= 15 is 0 Å². The average molecular weight is 302 g/mol. The van der Waals surface area contributed by atoms with Crippen LogP contribution in [0, 0.1) is 5.82 Å². The normalized spacial score (nSPS) is 9.91. The zero-order valence-electron chi connectivity index (χ0n) is 11.9. The van der Waals surface area contributed by atoms with Crippen molar-refractivity contribution in [2.24, 2.45) is 0 Å². The summed E-state index contributed by atoms with van der Waals surface area (Å²) in [5.74, 6) is -1.49. The minimum absolute atomic E-state index is 0.0540. The fourth-order valence-corrected chi connectivity index (χ4v) is 1.80. The van der Waals surface area contributed by atoms with Crippen molar-refractivity contribution >= 4 is 17.5 Å². The number of para-hydroxylation sites is 1. The van der Waals surface area contributed by atoms with Crippen LogP contribution < -0.4 is 15.4 Å². The molecule has 0 aliphatic rings. The SMILES string of the molecule is COc1ccc(C(=O)NCC(=O)Nc2ccccc2)cc1F. The summed E-state index contributed by atoms with van der Waals surface area (Å²) < 4.78 is 18.3. The molecule has 0 aliphatic heterocycles. The van der Waals surface area contributed by atoms with Gasteiger partial charge in [0.1, 0.15) is 0 Å². The van der Waals surface area contributed by atoms with Crippen LogP contribution in [0.15, 0.2) is 48.5 Å². The molecule has 0 bridgehead atoms. The van der Waals surface area contributed by atoms with E-state index in [4.69, 9.17) is 4.74 Å². The van der Waals surface area contributed by atoms with Crippen molar-refractivity contribution < 1.29 is 18.7 Å². The Morgan fingerprint density at radius 1 is 1.14 bits per heavy atom. The van der Waals surface area contributed by atoms with Crippen LogP contribution in [0.5, 0.6) is 5.75 Å². The Morgan fingerprint density at radius 3 is 2.50 bits per heavy atom. The molecule has 2 aromatic carbocycles. The molecule has 0 saturated heterocycles. The number of nitrogens with one attached hydrogen (secondary N) is 2. The summed E-state index contributed by atoms with van der Waals surface area (Å²) in [7, 11) is 1.34. The van der Waals surface area contributed by atoms with Gasteiger partial charge in [-0.05, 0) is 30.3 Å². The number of benzene rings is 2. The second-order valence-corrected chi connectivity index (χ2v) is 4.45. The van der Waals surface area contributed by atoms with E-state index in [0.717, 1.165) is 6.07 Å². The number of carbonyl (C=O) groups is 2. The van der Waals surface area contributed by atoms with Crippen molar-refractivity contribution in [3.05, 3.63) is 59.9 Å². The maximum atomic E-state index is 13.5. The van der Waals surface area contributed by atoms with Gasteiger partial charge in [-0.25, -0.2) is 4.39 Å².